The smallest absolute Gasteiger partial charge is 0.324 e. The van der Waals surface area contributed by atoms with Crippen LogP contribution in [0.1, 0.15) is 76.5 Å². The van der Waals surface area contributed by atoms with Gasteiger partial charge in [0, 0.05) is 199 Å². The monoisotopic (exact) mass is 1620 g/mol. The maximum absolute atomic E-state index is 14.2. The van der Waals surface area contributed by atoms with Gasteiger partial charge in [0.1, 0.15) is 58.3 Å². The van der Waals surface area contributed by atoms with E-state index in [1.807, 2.05) is 64.3 Å². The van der Waals surface area contributed by atoms with Crippen molar-refractivity contribution < 1.29 is 27.7 Å². The van der Waals surface area contributed by atoms with Crippen LogP contribution in [0.3, 0.4) is 0 Å². The molecular weight excluding hydrogens is 1530 g/mol. The number of hydrogen-bond donors (Lipinski definition) is 8. The number of benzene rings is 5. The van der Waals surface area contributed by atoms with Crippen molar-refractivity contribution >= 4 is 46.0 Å². The first-order chi connectivity index (χ1) is 59.1. The van der Waals surface area contributed by atoms with Crippen molar-refractivity contribution in [2.75, 3.05) is 135 Å². The quantitative estimate of drug-likeness (QED) is 0.0445. The number of aryl methyl sites for hydroxylation is 1. The number of anilines is 8. The molecule has 6 aliphatic carbocycles. The Morgan fingerprint density at radius 3 is 1.12 bits per heavy atom. The van der Waals surface area contributed by atoms with Crippen LogP contribution in [-0.4, -0.2) is 178 Å². The van der Waals surface area contributed by atoms with E-state index in [-0.39, 0.29) is 47.3 Å². The lowest BCUT2D eigenvalue weighted by Crippen LogP contribution is -2.30. The summed E-state index contributed by atoms with van der Waals surface area (Å²) in [6.45, 7) is 10.1. The van der Waals surface area contributed by atoms with Crippen molar-refractivity contribution in [1.29, 1.82) is 0 Å². The molecule has 2 saturated carbocycles. The molecule has 616 valence electrons. The first-order valence-corrected chi connectivity index (χ1v) is 41.6. The second-order valence-electron chi connectivity index (χ2n) is 33.2. The summed E-state index contributed by atoms with van der Waals surface area (Å²) < 4.78 is 51.6. The van der Waals surface area contributed by atoms with E-state index < -0.39 is 12.2 Å². The largest absolute Gasteiger partial charge is 0.424 e. The van der Waals surface area contributed by atoms with Gasteiger partial charge < -0.3 is 82.3 Å². The van der Waals surface area contributed by atoms with Gasteiger partial charge in [0.25, 0.3) is 0 Å². The molecule has 6 atom stereocenters. The van der Waals surface area contributed by atoms with E-state index in [4.69, 9.17) is 66.1 Å². The SMILES string of the molecule is CNc1cccc2c1Cc1nc(Oc3cccc(F)c3)nc(N3C[C@H](N)C4(CC4)C3)c1-2.CNc1cccc2c1Cc1nc(Oc3cccnc3)nc(N3CC(F)[C@H](N)C3)c1-2.CNc1cccc2c1Cc1nc(Oc3cccnc3)nc(N3CC4CNCC4C3)c1-2.CNc1cccc2c1Cc1nc(Oc3cnc(C)nc3)nc(N3C[C@@H](N)C4(CC4)C3)c1-2. The van der Waals surface area contributed by atoms with E-state index in [1.54, 1.807) is 61.4 Å². The number of alkyl halides is 1. The van der Waals surface area contributed by atoms with Gasteiger partial charge >= 0.3 is 24.0 Å². The molecule has 12 heterocycles. The van der Waals surface area contributed by atoms with Crippen LogP contribution in [0.5, 0.6) is 47.0 Å². The van der Waals surface area contributed by atoms with Crippen molar-refractivity contribution in [3.05, 3.63) is 215 Å². The molecule has 0 bridgehead atoms. The van der Waals surface area contributed by atoms with E-state index in [9.17, 15) is 8.78 Å². The van der Waals surface area contributed by atoms with Crippen LogP contribution in [0.4, 0.5) is 54.8 Å². The molecule has 7 aromatic heterocycles. The Balaban J connectivity index is 0.000000103. The van der Waals surface area contributed by atoms with Crippen LogP contribution in [0, 0.1) is 35.4 Å². The standard InChI is InChI=1S/C24H24FN5O.C23H25N7O.C23H24N6O.C21H21FN6O/c1-27-18-7-3-6-16-17(18)11-19-21(16)22(30-12-20(26)24(13-30)8-9-24)29-23(28-19)31-15-5-2-4-14(25)10-15;1-13-26-9-14(10-27-13)31-22-28-18-8-16-15(4-3-5-17(16)25-2)20(18)21(29-22)30-11-19(24)23(12-30)6-7-23;1-24-19-6-2-5-17-18(19)8-20-21(17)22(29-12-14-9-26-10-15(14)13-29)28-23(27-20)30-16-4-3-7-25-11-16;1-24-17-6-2-5-13-14(17)8-18-19(13)20(28-10-15(22)16(23)11-28)27-21(26-18)29-12-4-3-7-25-9-12/h2-7,10,20,27H,8-9,11-13,26H2,1H3;3-5,9-10,19,25H,6-8,11-12,24H2,1-2H3;2-7,11,14-15,24,26H,8-10,12-13H2,1H3;2-7,9,15-16,24H,8,10-11,23H2,1H3/t20-;19-;;15?,16-/m01.1/s1. The molecular formula is C91H94F2N24O4. The highest BCUT2D eigenvalue weighted by molar-refractivity contribution is 5.92. The molecule has 11 aliphatic rings. The first kappa shape index (κ1) is 76.8. The Kier molecular flexibility index (Phi) is 19.9. The van der Waals surface area contributed by atoms with E-state index >= 15 is 0 Å². The average molecular weight is 1630 g/mol. The summed E-state index contributed by atoms with van der Waals surface area (Å²) in [6.07, 6.45) is 16.5. The zero-order valence-corrected chi connectivity index (χ0v) is 68.0. The lowest BCUT2D eigenvalue weighted by atomic mass is 10.0. The number of halogens is 2. The van der Waals surface area contributed by atoms with E-state index in [0.29, 0.717) is 77.9 Å². The van der Waals surface area contributed by atoms with Gasteiger partial charge in [0.2, 0.25) is 0 Å². The Morgan fingerprint density at radius 1 is 0.413 bits per heavy atom. The fourth-order valence-corrected chi connectivity index (χ4v) is 19.1. The molecule has 23 rings (SSSR count). The van der Waals surface area contributed by atoms with Crippen LogP contribution in [-0.2, 0) is 25.7 Å². The number of nitrogens with two attached hydrogens (primary N) is 3. The van der Waals surface area contributed by atoms with Crippen molar-refractivity contribution in [3.63, 3.8) is 0 Å². The molecule has 12 aromatic rings. The molecule has 0 amide bonds. The Bertz CT molecular complexity index is 5950. The van der Waals surface area contributed by atoms with Crippen LogP contribution in [0.25, 0.3) is 44.5 Å². The fourth-order valence-electron chi connectivity index (χ4n) is 19.1. The number of rotatable bonds is 16. The van der Waals surface area contributed by atoms with Gasteiger partial charge in [-0.1, -0.05) is 54.6 Å². The van der Waals surface area contributed by atoms with Gasteiger partial charge in [0.15, 0.2) is 5.75 Å². The molecule has 5 saturated heterocycles. The highest BCUT2D eigenvalue weighted by Crippen LogP contribution is 2.57. The summed E-state index contributed by atoms with van der Waals surface area (Å²) in [7, 11) is 7.75. The maximum Gasteiger partial charge on any atom is 0.324 e. The molecule has 28 nitrogen and oxygen atoms in total. The van der Waals surface area contributed by atoms with Crippen LogP contribution < -0.4 is 82.3 Å². The number of fused-ring (bicyclic) bond motifs is 13. The zero-order valence-electron chi connectivity index (χ0n) is 68.0. The van der Waals surface area contributed by atoms with Crippen molar-refractivity contribution in [3.8, 4) is 91.5 Å². The predicted octanol–water partition coefficient (Wildman–Crippen LogP) is 12.6. The topological polar surface area (TPSA) is 343 Å². The van der Waals surface area contributed by atoms with Gasteiger partial charge in [-0.05, 0) is 150 Å². The van der Waals surface area contributed by atoms with Crippen LogP contribution >= 0.6 is 0 Å². The Morgan fingerprint density at radius 2 is 0.777 bits per heavy atom. The number of pyridine rings is 2. The third-order valence-corrected chi connectivity index (χ3v) is 25.8. The van der Waals surface area contributed by atoms with Crippen molar-refractivity contribution in [2.45, 2.75) is 82.6 Å². The third-order valence-electron chi connectivity index (χ3n) is 25.8. The molecule has 121 heavy (non-hydrogen) atoms. The fraction of sp³-hybridized carbons (Fsp3) is 0.341. The number of hydrogen-bond acceptors (Lipinski definition) is 28. The molecule has 11 N–H and O–H groups in total. The summed E-state index contributed by atoms with van der Waals surface area (Å²) in [4.78, 5) is 63.9. The molecule has 3 unspecified atom stereocenters. The van der Waals surface area contributed by atoms with Crippen LogP contribution in [0.2, 0.25) is 0 Å². The minimum atomic E-state index is -1.09. The summed E-state index contributed by atoms with van der Waals surface area (Å²) in [5.74, 6) is 7.26. The van der Waals surface area contributed by atoms with Crippen molar-refractivity contribution in [2.24, 2.45) is 39.9 Å². The second-order valence-corrected chi connectivity index (χ2v) is 33.2. The molecule has 7 fully saturated rings. The Labute approximate surface area is 699 Å². The Hall–Kier alpha value is -12.9. The number of ether oxygens (including phenoxy) is 4. The molecule has 2 spiro atoms. The molecule has 0 radical (unpaired) electrons. The van der Waals surface area contributed by atoms with Crippen LogP contribution in [0.15, 0.2) is 159 Å². The lowest BCUT2D eigenvalue weighted by molar-refractivity contribution is 0.333. The predicted molar refractivity (Wildman–Crippen MR) is 462 cm³/mol. The van der Waals surface area contributed by atoms with Crippen molar-refractivity contribution in [1.82, 2.24) is 65.1 Å². The zero-order chi connectivity index (χ0) is 82.4. The number of nitrogens with one attached hydrogen (secondary N) is 5. The third kappa shape index (κ3) is 14.6. The van der Waals surface area contributed by atoms with Gasteiger partial charge in [-0.3, -0.25) is 9.97 Å². The van der Waals surface area contributed by atoms with E-state index in [1.165, 1.54) is 65.6 Å². The van der Waals surface area contributed by atoms with E-state index in [2.05, 4.69) is 132 Å². The minimum Gasteiger partial charge on any atom is -0.424 e. The average Bonchev–Trinajstić information content (AvgIpc) is 1.57. The number of nitrogens with zero attached hydrogens (tertiary/aromatic N) is 16. The highest BCUT2D eigenvalue weighted by Gasteiger charge is 2.56. The van der Waals surface area contributed by atoms with Gasteiger partial charge in [-0.2, -0.15) is 39.9 Å². The molecule has 5 aromatic carbocycles. The minimum absolute atomic E-state index is 0.148. The summed E-state index contributed by atoms with van der Waals surface area (Å²) >= 11 is 0. The molecule has 5 aliphatic heterocycles. The van der Waals surface area contributed by atoms with Gasteiger partial charge in [-0.15, -0.1) is 0 Å². The normalized spacial score (nSPS) is 20.2. The summed E-state index contributed by atoms with van der Waals surface area (Å²) in [5, 5.41) is 16.7. The maximum atomic E-state index is 14.2. The van der Waals surface area contributed by atoms with Gasteiger partial charge in [-0.25, -0.2) is 18.7 Å². The highest BCUT2D eigenvalue weighted by atomic mass is 19.1. The number of aromatic nitrogens is 12. The summed E-state index contributed by atoms with van der Waals surface area (Å²) in [5.41, 5.74) is 41.4. The summed E-state index contributed by atoms with van der Waals surface area (Å²) in [6, 6.07) is 39.4. The second kappa shape index (κ2) is 31.4. The van der Waals surface area contributed by atoms with E-state index in [0.717, 1.165) is 167 Å². The lowest BCUT2D eigenvalue weighted by Gasteiger charge is -2.22. The first-order valence-electron chi connectivity index (χ1n) is 41.6. The van der Waals surface area contributed by atoms with Gasteiger partial charge in [0.05, 0.1) is 60.1 Å². The molecule has 30 heteroatoms.